The summed E-state index contributed by atoms with van der Waals surface area (Å²) in [6.45, 7) is 0. The van der Waals surface area contributed by atoms with E-state index in [-0.39, 0.29) is 6.04 Å². The van der Waals surface area contributed by atoms with E-state index in [1.54, 1.807) is 11.3 Å². The number of nitrogens with two attached hydrogens (primary N) is 1. The Bertz CT molecular complexity index is 387. The molecule has 0 radical (unpaired) electrons. The molecule has 4 fully saturated rings. The van der Waals surface area contributed by atoms with Crippen LogP contribution in [0.2, 0.25) is 0 Å². The monoisotopic (exact) mass is 261 g/mol. The molecule has 1 heterocycles. The van der Waals surface area contributed by atoms with Crippen molar-refractivity contribution in [3.05, 3.63) is 22.4 Å². The summed E-state index contributed by atoms with van der Waals surface area (Å²) in [5.41, 5.74) is 8.46. The van der Waals surface area contributed by atoms with E-state index in [1.807, 2.05) is 0 Å². The van der Waals surface area contributed by atoms with Crippen LogP contribution in [-0.2, 0) is 0 Å². The summed E-state index contributed by atoms with van der Waals surface area (Å²) in [7, 11) is 0. The molecular formula is C16H23NS. The van der Waals surface area contributed by atoms with Crippen molar-refractivity contribution < 1.29 is 0 Å². The second-order valence-corrected chi connectivity index (χ2v) is 8.06. The maximum absolute atomic E-state index is 6.47. The van der Waals surface area contributed by atoms with Crippen molar-refractivity contribution in [1.82, 2.24) is 0 Å². The first kappa shape index (κ1) is 11.5. The Hall–Kier alpha value is -0.340. The normalized spacial score (nSPS) is 43.3. The zero-order chi connectivity index (χ0) is 12.2. The number of rotatable bonds is 3. The smallest absolute Gasteiger partial charge is 0.0308 e. The van der Waals surface area contributed by atoms with Gasteiger partial charge in [0.15, 0.2) is 0 Å². The van der Waals surface area contributed by atoms with Crippen molar-refractivity contribution in [2.45, 2.75) is 51.0 Å². The fourth-order valence-electron chi connectivity index (χ4n) is 5.61. The van der Waals surface area contributed by atoms with E-state index >= 15 is 0 Å². The molecule has 0 aromatic carbocycles. The van der Waals surface area contributed by atoms with Crippen LogP contribution in [0.25, 0.3) is 0 Å². The molecule has 1 nitrogen and oxygen atoms in total. The lowest BCUT2D eigenvalue weighted by Gasteiger charge is -2.57. The molecule has 1 aromatic rings. The van der Waals surface area contributed by atoms with Crippen LogP contribution in [0.4, 0.5) is 0 Å². The summed E-state index contributed by atoms with van der Waals surface area (Å²) in [5.74, 6) is 3.14. The van der Waals surface area contributed by atoms with Gasteiger partial charge in [-0.2, -0.15) is 11.3 Å². The van der Waals surface area contributed by atoms with Crippen LogP contribution in [-0.4, -0.2) is 0 Å². The molecule has 1 aromatic heterocycles. The van der Waals surface area contributed by atoms with Crippen molar-refractivity contribution in [3.8, 4) is 0 Å². The van der Waals surface area contributed by atoms with E-state index in [2.05, 4.69) is 16.8 Å². The predicted molar refractivity (Wildman–Crippen MR) is 76.5 cm³/mol. The number of hydrogen-bond donors (Lipinski definition) is 1. The van der Waals surface area contributed by atoms with Gasteiger partial charge in [0.2, 0.25) is 0 Å². The summed E-state index contributed by atoms with van der Waals surface area (Å²) in [6.07, 6.45) is 10.3. The van der Waals surface area contributed by atoms with Gasteiger partial charge in [-0.25, -0.2) is 0 Å². The van der Waals surface area contributed by atoms with E-state index < -0.39 is 0 Å². The third-order valence-electron chi connectivity index (χ3n) is 5.79. The molecule has 4 saturated carbocycles. The average molecular weight is 261 g/mol. The van der Waals surface area contributed by atoms with Crippen molar-refractivity contribution in [1.29, 1.82) is 0 Å². The predicted octanol–water partition coefficient (Wildman–Crippen LogP) is 4.35. The molecule has 1 unspecified atom stereocenters. The van der Waals surface area contributed by atoms with Gasteiger partial charge in [-0.15, -0.1) is 0 Å². The van der Waals surface area contributed by atoms with Crippen LogP contribution in [0, 0.1) is 23.2 Å². The summed E-state index contributed by atoms with van der Waals surface area (Å²) in [5, 5.41) is 4.40. The van der Waals surface area contributed by atoms with Gasteiger partial charge in [0.25, 0.3) is 0 Å². The van der Waals surface area contributed by atoms with Crippen molar-refractivity contribution in [3.63, 3.8) is 0 Å². The van der Waals surface area contributed by atoms with Crippen LogP contribution >= 0.6 is 11.3 Å². The van der Waals surface area contributed by atoms with E-state index in [9.17, 15) is 0 Å². The van der Waals surface area contributed by atoms with Gasteiger partial charge in [0.05, 0.1) is 0 Å². The van der Waals surface area contributed by atoms with Gasteiger partial charge in [0.1, 0.15) is 0 Å². The Labute approximate surface area is 114 Å². The minimum atomic E-state index is 0.285. The Balaban J connectivity index is 1.54. The lowest BCUT2D eigenvalue weighted by molar-refractivity contribution is -0.0605. The van der Waals surface area contributed by atoms with Crippen LogP contribution < -0.4 is 5.73 Å². The van der Waals surface area contributed by atoms with Crippen LogP contribution in [0.3, 0.4) is 0 Å². The zero-order valence-electron chi connectivity index (χ0n) is 11.0. The van der Waals surface area contributed by atoms with Crippen molar-refractivity contribution >= 4 is 11.3 Å². The summed E-state index contributed by atoms with van der Waals surface area (Å²) in [4.78, 5) is 0. The van der Waals surface area contributed by atoms with E-state index in [4.69, 9.17) is 5.73 Å². The lowest BCUT2D eigenvalue weighted by Crippen LogP contribution is -2.47. The van der Waals surface area contributed by atoms with Crippen LogP contribution in [0.1, 0.15) is 56.6 Å². The molecule has 4 aliphatic rings. The first-order valence-electron chi connectivity index (χ1n) is 7.50. The highest BCUT2D eigenvalue weighted by molar-refractivity contribution is 7.07. The highest BCUT2D eigenvalue weighted by Crippen LogP contribution is 2.62. The molecule has 5 rings (SSSR count). The maximum Gasteiger partial charge on any atom is 0.0308 e. The molecule has 4 aliphatic carbocycles. The van der Waals surface area contributed by atoms with Gasteiger partial charge in [-0.05, 0) is 90.5 Å². The number of thiophene rings is 1. The molecular weight excluding hydrogens is 238 g/mol. The average Bonchev–Trinajstić information content (AvgIpc) is 2.79. The second-order valence-electron chi connectivity index (χ2n) is 7.28. The topological polar surface area (TPSA) is 26.0 Å². The van der Waals surface area contributed by atoms with Crippen LogP contribution in [0.5, 0.6) is 0 Å². The molecule has 98 valence electrons. The fraction of sp³-hybridized carbons (Fsp3) is 0.750. The highest BCUT2D eigenvalue weighted by Gasteiger charge is 2.51. The maximum atomic E-state index is 6.47. The fourth-order valence-corrected chi connectivity index (χ4v) is 6.34. The Kier molecular flexibility index (Phi) is 2.60. The molecule has 18 heavy (non-hydrogen) atoms. The quantitative estimate of drug-likeness (QED) is 0.860. The molecule has 4 bridgehead atoms. The summed E-state index contributed by atoms with van der Waals surface area (Å²) < 4.78 is 0. The Morgan fingerprint density at radius 2 is 1.78 bits per heavy atom. The summed E-state index contributed by atoms with van der Waals surface area (Å²) >= 11 is 1.78. The largest absolute Gasteiger partial charge is 0.324 e. The highest BCUT2D eigenvalue weighted by atomic mass is 32.1. The standard InChI is InChI=1S/C16H23NS/c17-15(14-1-2-18-10-14)9-16-6-11-3-12(7-16)5-13(4-11)8-16/h1-2,10-13,15H,3-9,17H2. The molecule has 0 aliphatic heterocycles. The SMILES string of the molecule is NC(CC12CC3CC(CC(C3)C1)C2)c1ccsc1. The number of hydrogen-bond acceptors (Lipinski definition) is 2. The minimum absolute atomic E-state index is 0.285. The molecule has 0 amide bonds. The molecule has 0 spiro atoms. The van der Waals surface area contributed by atoms with E-state index in [0.29, 0.717) is 5.41 Å². The van der Waals surface area contributed by atoms with Crippen LogP contribution in [0.15, 0.2) is 16.8 Å². The summed E-state index contributed by atoms with van der Waals surface area (Å²) in [6, 6.07) is 2.50. The van der Waals surface area contributed by atoms with Gasteiger partial charge < -0.3 is 5.73 Å². The zero-order valence-corrected chi connectivity index (χ0v) is 11.8. The second kappa shape index (κ2) is 4.08. The Morgan fingerprint density at radius 1 is 1.17 bits per heavy atom. The molecule has 1 atom stereocenters. The van der Waals surface area contributed by atoms with Gasteiger partial charge in [0, 0.05) is 6.04 Å². The Morgan fingerprint density at radius 3 is 2.28 bits per heavy atom. The van der Waals surface area contributed by atoms with E-state index in [0.717, 1.165) is 17.8 Å². The molecule has 2 N–H and O–H groups in total. The first-order valence-corrected chi connectivity index (χ1v) is 8.44. The third-order valence-corrected chi connectivity index (χ3v) is 6.49. The van der Waals surface area contributed by atoms with Gasteiger partial charge in [-0.1, -0.05) is 0 Å². The lowest BCUT2D eigenvalue weighted by atomic mass is 9.48. The molecule has 2 heteroatoms. The third kappa shape index (κ3) is 1.85. The van der Waals surface area contributed by atoms with Gasteiger partial charge in [-0.3, -0.25) is 0 Å². The van der Waals surface area contributed by atoms with Crippen molar-refractivity contribution in [2.75, 3.05) is 0 Å². The van der Waals surface area contributed by atoms with Crippen molar-refractivity contribution in [2.24, 2.45) is 28.9 Å². The minimum Gasteiger partial charge on any atom is -0.324 e. The molecule has 0 saturated heterocycles. The van der Waals surface area contributed by atoms with Gasteiger partial charge >= 0.3 is 0 Å². The first-order chi connectivity index (χ1) is 8.72. The van der Waals surface area contributed by atoms with E-state index in [1.165, 1.54) is 50.5 Å².